The van der Waals surface area contributed by atoms with Crippen LogP contribution in [0.5, 0.6) is 0 Å². The van der Waals surface area contributed by atoms with Crippen molar-refractivity contribution >= 4 is 11.9 Å². The molecule has 0 saturated heterocycles. The van der Waals surface area contributed by atoms with Gasteiger partial charge in [0.25, 0.3) is 0 Å². The molecule has 0 amide bonds. The molecule has 0 heterocycles. The molecule has 0 bridgehead atoms. The van der Waals surface area contributed by atoms with E-state index in [1.165, 1.54) is 11.0 Å². The van der Waals surface area contributed by atoms with E-state index in [0.29, 0.717) is 11.9 Å². The molecule has 0 aromatic carbocycles. The summed E-state index contributed by atoms with van der Waals surface area (Å²) in [5, 5.41) is 0. The first-order valence-corrected chi connectivity index (χ1v) is 2.65. The Morgan fingerprint density at radius 3 is 1.86 bits per heavy atom. The molecule has 1 nitrogen and oxygen atoms in total. The number of halogens is 3. The summed E-state index contributed by atoms with van der Waals surface area (Å²) >= 11 is 0.534. The summed E-state index contributed by atoms with van der Waals surface area (Å²) in [6.07, 6.45) is -2.92. The van der Waals surface area contributed by atoms with E-state index in [-0.39, 0.29) is 0 Å². The van der Waals surface area contributed by atoms with Gasteiger partial charge in [0.2, 0.25) is 0 Å². The Morgan fingerprint density at radius 1 is 1.43 bits per heavy atom. The van der Waals surface area contributed by atoms with Gasteiger partial charge in [0.05, 0.1) is 0 Å². The maximum absolute atomic E-state index is 10.9. The zero-order chi connectivity index (χ0) is 5.91. The Kier molecular flexibility index (Phi) is 2.45. The van der Waals surface area contributed by atoms with Gasteiger partial charge in [-0.05, 0) is 6.26 Å². The van der Waals surface area contributed by atoms with E-state index >= 15 is 0 Å². The van der Waals surface area contributed by atoms with Gasteiger partial charge in [0.1, 0.15) is 0 Å². The Hall–Kier alpha value is 0.100. The van der Waals surface area contributed by atoms with Gasteiger partial charge in [0.15, 0.2) is 0 Å². The first-order chi connectivity index (χ1) is 3.06. The lowest BCUT2D eigenvalue weighted by Gasteiger charge is -2.01. The van der Waals surface area contributed by atoms with Crippen LogP contribution in [-0.2, 0) is 0 Å². The molecule has 0 rings (SSSR count). The third-order valence-electron chi connectivity index (χ3n) is 0.218. The summed E-state index contributed by atoms with van der Waals surface area (Å²) in [5.74, 6) is 0. The molecule has 0 aromatic rings. The van der Waals surface area contributed by atoms with Gasteiger partial charge < -0.3 is 0 Å². The number of alkyl halides is 3. The Labute approximate surface area is 43.4 Å². The second kappa shape index (κ2) is 2.42. The maximum Gasteiger partial charge on any atom is 0.466 e. The van der Waals surface area contributed by atoms with Crippen molar-refractivity contribution in [1.29, 1.82) is 0 Å². The van der Waals surface area contributed by atoms with Gasteiger partial charge in [-0.3, -0.25) is 0 Å². The minimum atomic E-state index is -4.24. The highest BCUT2D eigenvalue weighted by Crippen LogP contribution is 2.11. The van der Waals surface area contributed by atoms with Crippen molar-refractivity contribution in [2.45, 2.75) is 6.30 Å². The molecule has 7 heavy (non-hydrogen) atoms. The Balaban J connectivity index is 3.15. The van der Waals surface area contributed by atoms with Gasteiger partial charge >= 0.3 is 6.30 Å². The quantitative estimate of drug-likeness (QED) is 0.426. The van der Waals surface area contributed by atoms with Crippen molar-refractivity contribution in [3.63, 3.8) is 0 Å². The molecule has 0 atom stereocenters. The standard InChI is InChI=1S/C2H4F3NS/c1-7-6-2(3,4)5/h6H,1H3. The van der Waals surface area contributed by atoms with Crippen molar-refractivity contribution in [3.8, 4) is 0 Å². The van der Waals surface area contributed by atoms with Crippen LogP contribution < -0.4 is 4.72 Å². The first kappa shape index (κ1) is 7.10. The zero-order valence-corrected chi connectivity index (χ0v) is 4.36. The van der Waals surface area contributed by atoms with Crippen molar-refractivity contribution in [2.75, 3.05) is 6.26 Å². The maximum atomic E-state index is 10.9. The van der Waals surface area contributed by atoms with Crippen LogP contribution in [0.15, 0.2) is 0 Å². The smallest absolute Gasteiger partial charge is 0.172 e. The minimum Gasteiger partial charge on any atom is -0.172 e. The van der Waals surface area contributed by atoms with E-state index in [1.807, 2.05) is 0 Å². The molecular formula is C2H4F3NS. The molecule has 0 aliphatic carbocycles. The van der Waals surface area contributed by atoms with Gasteiger partial charge in [-0.2, -0.15) is 17.9 Å². The van der Waals surface area contributed by atoms with Crippen LogP contribution >= 0.6 is 11.9 Å². The first-order valence-electron chi connectivity index (χ1n) is 1.43. The predicted octanol–water partition coefficient (Wildman–Crippen LogP) is 1.37. The van der Waals surface area contributed by atoms with Gasteiger partial charge in [0, 0.05) is 0 Å². The molecule has 5 heteroatoms. The van der Waals surface area contributed by atoms with E-state index in [0.717, 1.165) is 0 Å². The lowest BCUT2D eigenvalue weighted by Crippen LogP contribution is -2.23. The van der Waals surface area contributed by atoms with Crippen LogP contribution in [0.2, 0.25) is 0 Å². The molecular weight excluding hydrogens is 127 g/mol. The van der Waals surface area contributed by atoms with Crippen LogP contribution in [0.3, 0.4) is 0 Å². The minimum absolute atomic E-state index is 0.534. The van der Waals surface area contributed by atoms with Gasteiger partial charge in [-0.25, -0.2) is 0 Å². The topological polar surface area (TPSA) is 12.0 Å². The van der Waals surface area contributed by atoms with Crippen molar-refractivity contribution in [2.24, 2.45) is 0 Å². The Morgan fingerprint density at radius 2 is 1.86 bits per heavy atom. The van der Waals surface area contributed by atoms with Gasteiger partial charge in [-0.1, -0.05) is 11.9 Å². The van der Waals surface area contributed by atoms with Crippen LogP contribution in [-0.4, -0.2) is 12.6 Å². The lowest BCUT2D eigenvalue weighted by molar-refractivity contribution is -0.136. The SMILES string of the molecule is CSNC(F)(F)F. The number of hydrogen-bond donors (Lipinski definition) is 1. The molecule has 0 spiro atoms. The van der Waals surface area contributed by atoms with Gasteiger partial charge in [-0.15, -0.1) is 0 Å². The highest BCUT2D eigenvalue weighted by atomic mass is 32.2. The average Bonchev–Trinajstić information content (AvgIpc) is 1.30. The summed E-state index contributed by atoms with van der Waals surface area (Å²) in [6, 6.07) is 0. The molecule has 0 aliphatic rings. The fourth-order valence-corrected chi connectivity index (χ4v) is 0.347. The Bertz CT molecular complexity index is 51.4. The highest BCUT2D eigenvalue weighted by Gasteiger charge is 2.25. The third kappa shape index (κ3) is 6.10. The van der Waals surface area contributed by atoms with Crippen molar-refractivity contribution in [3.05, 3.63) is 0 Å². The third-order valence-corrected chi connectivity index (χ3v) is 0.653. The largest absolute Gasteiger partial charge is 0.466 e. The predicted molar refractivity (Wildman–Crippen MR) is 22.7 cm³/mol. The molecule has 0 aliphatic heterocycles. The fraction of sp³-hybridized carbons (Fsp3) is 1.00. The molecule has 0 saturated carbocycles. The molecule has 0 aromatic heterocycles. The number of hydrogen-bond acceptors (Lipinski definition) is 2. The van der Waals surface area contributed by atoms with E-state index < -0.39 is 6.30 Å². The summed E-state index contributed by atoms with van der Waals surface area (Å²) in [6.45, 7) is 0. The summed E-state index contributed by atoms with van der Waals surface area (Å²) in [7, 11) is 0. The molecule has 44 valence electrons. The second-order valence-electron chi connectivity index (χ2n) is 0.804. The summed E-state index contributed by atoms with van der Waals surface area (Å²) in [4.78, 5) is 0. The van der Waals surface area contributed by atoms with E-state index in [1.54, 1.807) is 0 Å². The number of nitrogens with one attached hydrogen (secondary N) is 1. The normalized spacial score (nSPS) is 12.0. The fourth-order valence-electron chi connectivity index (χ4n) is 0.116. The zero-order valence-electron chi connectivity index (χ0n) is 3.54. The molecule has 0 unspecified atom stereocenters. The van der Waals surface area contributed by atoms with E-state index in [4.69, 9.17) is 0 Å². The molecule has 1 N–H and O–H groups in total. The van der Waals surface area contributed by atoms with Crippen molar-refractivity contribution in [1.82, 2.24) is 4.72 Å². The van der Waals surface area contributed by atoms with Crippen LogP contribution in [0, 0.1) is 0 Å². The van der Waals surface area contributed by atoms with E-state index in [2.05, 4.69) is 0 Å². The summed E-state index contributed by atoms with van der Waals surface area (Å²) < 4.78 is 34.0. The van der Waals surface area contributed by atoms with E-state index in [9.17, 15) is 13.2 Å². The van der Waals surface area contributed by atoms with Crippen LogP contribution in [0.25, 0.3) is 0 Å². The second-order valence-corrected chi connectivity index (χ2v) is 1.42. The molecule has 0 radical (unpaired) electrons. The average molecular weight is 131 g/mol. The lowest BCUT2D eigenvalue weighted by atomic mass is 11.3. The highest BCUT2D eigenvalue weighted by molar-refractivity contribution is 7.96. The van der Waals surface area contributed by atoms with Crippen LogP contribution in [0.1, 0.15) is 0 Å². The van der Waals surface area contributed by atoms with Crippen LogP contribution in [0.4, 0.5) is 13.2 Å². The monoisotopic (exact) mass is 131 g/mol. The molecule has 0 fully saturated rings. The summed E-state index contributed by atoms with van der Waals surface area (Å²) in [5.41, 5.74) is 0. The number of rotatable bonds is 1. The van der Waals surface area contributed by atoms with Crippen molar-refractivity contribution < 1.29 is 13.2 Å².